The molecule has 0 spiro atoms. The summed E-state index contributed by atoms with van der Waals surface area (Å²) in [5, 5.41) is 3.84. The first kappa shape index (κ1) is 14.0. The van der Waals surface area contributed by atoms with Gasteiger partial charge >= 0.3 is 6.18 Å². The van der Waals surface area contributed by atoms with Crippen LogP contribution in [-0.2, 0) is 11.7 Å². The Balaban J connectivity index is 1.86. The number of alkyl halides is 3. The van der Waals surface area contributed by atoms with Crippen LogP contribution in [0.25, 0.3) is 11.6 Å². The Labute approximate surface area is 118 Å². The molecule has 3 rings (SSSR count). The molecule has 2 heterocycles. The molecule has 1 fully saturated rings. The lowest BCUT2D eigenvalue weighted by Gasteiger charge is -2.17. The SMILES string of the molecule is NC1(c2noc(-c3ccc(C(F)(F)F)cn3)n2)CCCC1. The molecule has 0 saturated heterocycles. The molecule has 2 aromatic heterocycles. The molecule has 0 amide bonds. The zero-order chi connectivity index (χ0) is 15.1. The normalized spacial score (nSPS) is 18.1. The van der Waals surface area contributed by atoms with Crippen molar-refractivity contribution in [1.29, 1.82) is 0 Å². The van der Waals surface area contributed by atoms with E-state index in [-0.39, 0.29) is 11.6 Å². The van der Waals surface area contributed by atoms with Gasteiger partial charge in [0.15, 0.2) is 5.82 Å². The second-order valence-electron chi connectivity index (χ2n) is 5.22. The summed E-state index contributed by atoms with van der Waals surface area (Å²) in [5.41, 5.74) is 4.97. The highest BCUT2D eigenvalue weighted by atomic mass is 19.4. The first-order valence-corrected chi connectivity index (χ1v) is 6.55. The predicted octanol–water partition coefficient (Wildman–Crippen LogP) is 2.88. The van der Waals surface area contributed by atoms with Gasteiger partial charge in [0.2, 0.25) is 0 Å². The van der Waals surface area contributed by atoms with Crippen LogP contribution in [0.5, 0.6) is 0 Å². The molecular weight excluding hydrogens is 285 g/mol. The van der Waals surface area contributed by atoms with Gasteiger partial charge in [-0.1, -0.05) is 18.0 Å². The van der Waals surface area contributed by atoms with Gasteiger partial charge < -0.3 is 10.3 Å². The van der Waals surface area contributed by atoms with E-state index in [0.717, 1.165) is 37.9 Å². The van der Waals surface area contributed by atoms with Crippen LogP contribution in [0.1, 0.15) is 37.1 Å². The second kappa shape index (κ2) is 4.80. The Hall–Kier alpha value is -1.96. The number of halogens is 3. The first-order chi connectivity index (χ1) is 9.88. The molecule has 8 heteroatoms. The zero-order valence-electron chi connectivity index (χ0n) is 11.0. The van der Waals surface area contributed by atoms with E-state index in [1.165, 1.54) is 6.07 Å². The third kappa shape index (κ3) is 2.63. The van der Waals surface area contributed by atoms with E-state index in [2.05, 4.69) is 15.1 Å². The van der Waals surface area contributed by atoms with Crippen molar-refractivity contribution in [3.8, 4) is 11.6 Å². The van der Waals surface area contributed by atoms with E-state index in [1.807, 2.05) is 0 Å². The molecule has 0 aliphatic heterocycles. The molecular formula is C13H13F3N4O. The quantitative estimate of drug-likeness (QED) is 0.922. The Morgan fingerprint density at radius 1 is 1.19 bits per heavy atom. The third-order valence-corrected chi connectivity index (χ3v) is 3.68. The van der Waals surface area contributed by atoms with Gasteiger partial charge in [0.05, 0.1) is 11.1 Å². The van der Waals surface area contributed by atoms with Crippen molar-refractivity contribution in [2.75, 3.05) is 0 Å². The van der Waals surface area contributed by atoms with Crippen molar-refractivity contribution in [3.63, 3.8) is 0 Å². The zero-order valence-corrected chi connectivity index (χ0v) is 11.0. The lowest BCUT2D eigenvalue weighted by Crippen LogP contribution is -2.34. The monoisotopic (exact) mass is 298 g/mol. The summed E-state index contributed by atoms with van der Waals surface area (Å²) in [4.78, 5) is 7.90. The van der Waals surface area contributed by atoms with Crippen LogP contribution < -0.4 is 5.73 Å². The molecule has 0 radical (unpaired) electrons. The Morgan fingerprint density at radius 2 is 1.90 bits per heavy atom. The summed E-state index contributed by atoms with van der Waals surface area (Å²) in [6.45, 7) is 0. The molecule has 1 saturated carbocycles. The van der Waals surface area contributed by atoms with Gasteiger partial charge in [0.25, 0.3) is 5.89 Å². The number of pyridine rings is 1. The molecule has 0 aromatic carbocycles. The predicted molar refractivity (Wildman–Crippen MR) is 66.9 cm³/mol. The maximum Gasteiger partial charge on any atom is 0.417 e. The van der Waals surface area contributed by atoms with Crippen LogP contribution in [0.15, 0.2) is 22.9 Å². The van der Waals surface area contributed by atoms with Gasteiger partial charge in [-0.2, -0.15) is 18.2 Å². The molecule has 1 aliphatic rings. The summed E-state index contributed by atoms with van der Waals surface area (Å²) >= 11 is 0. The Morgan fingerprint density at radius 3 is 2.48 bits per heavy atom. The number of hydrogen-bond acceptors (Lipinski definition) is 5. The molecule has 112 valence electrons. The lowest BCUT2D eigenvalue weighted by molar-refractivity contribution is -0.137. The van der Waals surface area contributed by atoms with E-state index >= 15 is 0 Å². The minimum Gasteiger partial charge on any atom is -0.332 e. The molecule has 0 bridgehead atoms. The van der Waals surface area contributed by atoms with Crippen molar-refractivity contribution in [3.05, 3.63) is 29.7 Å². The van der Waals surface area contributed by atoms with Gasteiger partial charge in [0.1, 0.15) is 5.69 Å². The Kier molecular flexibility index (Phi) is 3.20. The summed E-state index contributed by atoms with van der Waals surface area (Å²) < 4.78 is 42.5. The summed E-state index contributed by atoms with van der Waals surface area (Å²) in [6.07, 6.45) is -0.139. The molecule has 2 aromatic rings. The molecule has 0 atom stereocenters. The molecule has 2 N–H and O–H groups in total. The standard InChI is InChI=1S/C13H13F3N4O/c14-13(15,16)8-3-4-9(18-7-8)10-19-11(20-21-10)12(17)5-1-2-6-12/h3-4,7H,1-2,5-6,17H2. The third-order valence-electron chi connectivity index (χ3n) is 3.68. The van der Waals surface area contributed by atoms with Crippen molar-refractivity contribution < 1.29 is 17.7 Å². The lowest BCUT2D eigenvalue weighted by atomic mass is 9.99. The van der Waals surface area contributed by atoms with E-state index < -0.39 is 17.3 Å². The van der Waals surface area contributed by atoms with Crippen molar-refractivity contribution >= 4 is 0 Å². The minimum absolute atomic E-state index is 0.0791. The number of nitrogens with zero attached hydrogens (tertiary/aromatic N) is 3. The largest absolute Gasteiger partial charge is 0.417 e. The fraction of sp³-hybridized carbons (Fsp3) is 0.462. The maximum absolute atomic E-state index is 12.5. The summed E-state index contributed by atoms with van der Waals surface area (Å²) in [7, 11) is 0. The second-order valence-corrected chi connectivity index (χ2v) is 5.22. The molecule has 0 unspecified atom stereocenters. The average Bonchev–Trinajstić information content (AvgIpc) is 3.07. The van der Waals surface area contributed by atoms with E-state index in [1.54, 1.807) is 0 Å². The van der Waals surface area contributed by atoms with E-state index in [0.29, 0.717) is 5.82 Å². The number of nitrogens with two attached hydrogens (primary N) is 1. The Bertz CT molecular complexity index is 630. The number of hydrogen-bond donors (Lipinski definition) is 1. The summed E-state index contributed by atoms with van der Waals surface area (Å²) in [6, 6.07) is 2.14. The van der Waals surface area contributed by atoms with Gasteiger partial charge in [-0.3, -0.25) is 4.98 Å². The van der Waals surface area contributed by atoms with Crippen molar-refractivity contribution in [1.82, 2.24) is 15.1 Å². The minimum atomic E-state index is -4.42. The van der Waals surface area contributed by atoms with Crippen LogP contribution in [-0.4, -0.2) is 15.1 Å². The maximum atomic E-state index is 12.5. The van der Waals surface area contributed by atoms with Crippen LogP contribution in [0.3, 0.4) is 0 Å². The molecule has 21 heavy (non-hydrogen) atoms. The van der Waals surface area contributed by atoms with E-state index in [9.17, 15) is 13.2 Å². The van der Waals surface area contributed by atoms with Gasteiger partial charge in [-0.05, 0) is 25.0 Å². The van der Waals surface area contributed by atoms with Gasteiger partial charge in [-0.15, -0.1) is 0 Å². The van der Waals surface area contributed by atoms with Crippen LogP contribution in [0.4, 0.5) is 13.2 Å². The van der Waals surface area contributed by atoms with E-state index in [4.69, 9.17) is 10.3 Å². The topological polar surface area (TPSA) is 77.8 Å². The van der Waals surface area contributed by atoms with Crippen LogP contribution >= 0.6 is 0 Å². The number of aromatic nitrogens is 3. The molecule has 5 nitrogen and oxygen atoms in total. The number of rotatable bonds is 2. The fourth-order valence-electron chi connectivity index (χ4n) is 2.45. The molecule has 1 aliphatic carbocycles. The average molecular weight is 298 g/mol. The highest BCUT2D eigenvalue weighted by Crippen LogP contribution is 2.35. The van der Waals surface area contributed by atoms with Crippen LogP contribution in [0.2, 0.25) is 0 Å². The van der Waals surface area contributed by atoms with Crippen molar-refractivity contribution in [2.24, 2.45) is 5.73 Å². The fourth-order valence-corrected chi connectivity index (χ4v) is 2.45. The highest BCUT2D eigenvalue weighted by Gasteiger charge is 2.36. The highest BCUT2D eigenvalue weighted by molar-refractivity contribution is 5.47. The van der Waals surface area contributed by atoms with Gasteiger partial charge in [-0.25, -0.2) is 0 Å². The summed E-state index contributed by atoms with van der Waals surface area (Å²) in [5.74, 6) is 0.465. The van der Waals surface area contributed by atoms with Crippen LogP contribution in [0, 0.1) is 0 Å². The van der Waals surface area contributed by atoms with Crippen molar-refractivity contribution in [2.45, 2.75) is 37.4 Å². The van der Waals surface area contributed by atoms with Gasteiger partial charge in [0, 0.05) is 6.20 Å². The first-order valence-electron chi connectivity index (χ1n) is 6.55. The smallest absolute Gasteiger partial charge is 0.332 e.